The SMILES string of the molecule is COCC1(C(=O)CC(C)(C)C)C(C)=CC=C1C. The molecule has 0 fully saturated rings. The van der Waals surface area contributed by atoms with E-state index in [1.807, 2.05) is 26.0 Å². The number of carbonyl (C=O) groups is 1. The Kier molecular flexibility index (Phi) is 3.98. The van der Waals surface area contributed by atoms with Gasteiger partial charge in [-0.2, -0.15) is 0 Å². The molecule has 2 heteroatoms. The smallest absolute Gasteiger partial charge is 0.149 e. The van der Waals surface area contributed by atoms with Crippen molar-refractivity contribution in [3.63, 3.8) is 0 Å². The summed E-state index contributed by atoms with van der Waals surface area (Å²) in [7, 11) is 1.66. The van der Waals surface area contributed by atoms with Crippen molar-refractivity contribution in [1.29, 1.82) is 0 Å². The molecule has 0 atom stereocenters. The number of rotatable bonds is 4. The number of methoxy groups -OCH3 is 1. The van der Waals surface area contributed by atoms with Crippen molar-refractivity contribution in [2.45, 2.75) is 41.0 Å². The maximum absolute atomic E-state index is 12.6. The molecule has 0 N–H and O–H groups in total. The van der Waals surface area contributed by atoms with Crippen LogP contribution < -0.4 is 0 Å². The molecule has 0 saturated carbocycles. The van der Waals surface area contributed by atoms with Crippen LogP contribution in [0.15, 0.2) is 23.3 Å². The van der Waals surface area contributed by atoms with E-state index in [1.54, 1.807) is 7.11 Å². The first-order valence-corrected chi connectivity index (χ1v) is 6.12. The van der Waals surface area contributed by atoms with Gasteiger partial charge in [-0.15, -0.1) is 0 Å². The maximum atomic E-state index is 12.6. The summed E-state index contributed by atoms with van der Waals surface area (Å²) in [6, 6.07) is 0. The quantitative estimate of drug-likeness (QED) is 0.746. The minimum Gasteiger partial charge on any atom is -0.383 e. The first kappa shape index (κ1) is 14.2. The molecule has 0 saturated heterocycles. The van der Waals surface area contributed by atoms with Gasteiger partial charge in [-0.05, 0) is 19.3 Å². The number of hydrogen-bond acceptors (Lipinski definition) is 2. The van der Waals surface area contributed by atoms with Crippen molar-refractivity contribution >= 4 is 5.78 Å². The highest BCUT2D eigenvalue weighted by Gasteiger charge is 2.44. The second-order valence-electron chi connectivity index (χ2n) is 6.20. The molecular formula is C15H24O2. The predicted octanol–water partition coefficient (Wildman–Crippen LogP) is 3.53. The molecule has 0 spiro atoms. The van der Waals surface area contributed by atoms with E-state index in [1.165, 1.54) is 0 Å². The van der Waals surface area contributed by atoms with Crippen molar-refractivity contribution in [2.75, 3.05) is 13.7 Å². The van der Waals surface area contributed by atoms with Gasteiger partial charge in [0.15, 0.2) is 0 Å². The van der Waals surface area contributed by atoms with E-state index in [9.17, 15) is 4.79 Å². The molecule has 0 aliphatic heterocycles. The van der Waals surface area contributed by atoms with Crippen molar-refractivity contribution in [1.82, 2.24) is 0 Å². The van der Waals surface area contributed by atoms with Gasteiger partial charge >= 0.3 is 0 Å². The van der Waals surface area contributed by atoms with Gasteiger partial charge in [-0.1, -0.05) is 44.1 Å². The van der Waals surface area contributed by atoms with Crippen LogP contribution in [0, 0.1) is 10.8 Å². The summed E-state index contributed by atoms with van der Waals surface area (Å²) in [5.74, 6) is 0.270. The van der Waals surface area contributed by atoms with Crippen LogP contribution in [-0.4, -0.2) is 19.5 Å². The van der Waals surface area contributed by atoms with Gasteiger partial charge in [0.1, 0.15) is 5.78 Å². The van der Waals surface area contributed by atoms with Gasteiger partial charge in [0.2, 0.25) is 0 Å². The average molecular weight is 236 g/mol. The molecule has 0 aromatic carbocycles. The van der Waals surface area contributed by atoms with Gasteiger partial charge in [0.25, 0.3) is 0 Å². The molecule has 0 bridgehead atoms. The minimum atomic E-state index is -0.512. The van der Waals surface area contributed by atoms with E-state index in [4.69, 9.17) is 4.74 Å². The van der Waals surface area contributed by atoms with Gasteiger partial charge in [0, 0.05) is 13.5 Å². The largest absolute Gasteiger partial charge is 0.383 e. The third-order valence-electron chi connectivity index (χ3n) is 3.46. The number of Topliss-reactive ketones (excluding diaryl/α,β-unsaturated/α-hetero) is 1. The lowest BCUT2D eigenvalue weighted by Crippen LogP contribution is -2.38. The summed E-state index contributed by atoms with van der Waals surface area (Å²) in [5, 5.41) is 0. The topological polar surface area (TPSA) is 26.3 Å². The zero-order valence-corrected chi connectivity index (χ0v) is 11.9. The van der Waals surface area contributed by atoms with Crippen molar-refractivity contribution in [3.8, 4) is 0 Å². The molecule has 0 aromatic rings. The standard InChI is InChI=1S/C15H24O2/c1-11-7-8-12(2)15(11,10-17-6)13(16)9-14(3,4)5/h7-8H,9-10H2,1-6H3. The molecule has 1 aliphatic carbocycles. The number of hydrogen-bond donors (Lipinski definition) is 0. The monoisotopic (exact) mass is 236 g/mol. The Balaban J connectivity index is 3.06. The lowest BCUT2D eigenvalue weighted by atomic mass is 9.70. The minimum absolute atomic E-state index is 0.0149. The fraction of sp³-hybridized carbons (Fsp3) is 0.667. The number of ketones is 1. The normalized spacial score (nSPS) is 18.9. The van der Waals surface area contributed by atoms with Crippen molar-refractivity contribution in [3.05, 3.63) is 23.3 Å². The zero-order chi connectivity index (χ0) is 13.3. The molecular weight excluding hydrogens is 212 g/mol. The van der Waals surface area contributed by atoms with Crippen LogP contribution in [0.25, 0.3) is 0 Å². The summed E-state index contributed by atoms with van der Waals surface area (Å²) < 4.78 is 5.30. The molecule has 0 amide bonds. The highest BCUT2D eigenvalue weighted by Crippen LogP contribution is 2.43. The average Bonchev–Trinajstić information content (AvgIpc) is 2.44. The van der Waals surface area contributed by atoms with Gasteiger partial charge in [0.05, 0.1) is 12.0 Å². The van der Waals surface area contributed by atoms with E-state index in [2.05, 4.69) is 20.8 Å². The Morgan fingerprint density at radius 3 is 2.06 bits per heavy atom. The van der Waals surface area contributed by atoms with Crippen LogP contribution in [0.4, 0.5) is 0 Å². The lowest BCUT2D eigenvalue weighted by Gasteiger charge is -2.33. The summed E-state index contributed by atoms with van der Waals surface area (Å²) >= 11 is 0. The Bertz CT molecular complexity index is 349. The second kappa shape index (κ2) is 4.77. The molecule has 1 rings (SSSR count). The summed E-state index contributed by atoms with van der Waals surface area (Å²) in [6.45, 7) is 10.8. The number of carbonyl (C=O) groups excluding carboxylic acids is 1. The van der Waals surface area contributed by atoms with Gasteiger partial charge < -0.3 is 4.74 Å². The zero-order valence-electron chi connectivity index (χ0n) is 11.9. The fourth-order valence-corrected chi connectivity index (χ4v) is 2.44. The number of ether oxygens (including phenoxy) is 1. The van der Waals surface area contributed by atoms with Gasteiger partial charge in [-0.25, -0.2) is 0 Å². The Hall–Kier alpha value is -0.890. The Labute approximate surface area is 105 Å². The van der Waals surface area contributed by atoms with Crippen LogP contribution >= 0.6 is 0 Å². The fourth-order valence-electron chi connectivity index (χ4n) is 2.44. The molecule has 0 heterocycles. The van der Waals surface area contributed by atoms with Crippen LogP contribution in [-0.2, 0) is 9.53 Å². The third-order valence-corrected chi connectivity index (χ3v) is 3.46. The first-order chi connectivity index (χ1) is 7.74. The third kappa shape index (κ3) is 2.68. The number of allylic oxidation sites excluding steroid dienone is 2. The van der Waals surface area contributed by atoms with E-state index in [-0.39, 0.29) is 11.2 Å². The summed E-state index contributed by atoms with van der Waals surface area (Å²) in [6.07, 6.45) is 4.65. The summed E-state index contributed by atoms with van der Waals surface area (Å²) in [5.41, 5.74) is 1.71. The molecule has 0 radical (unpaired) electrons. The van der Waals surface area contributed by atoms with Crippen LogP contribution in [0.2, 0.25) is 0 Å². The Morgan fingerprint density at radius 1 is 1.24 bits per heavy atom. The predicted molar refractivity (Wildman–Crippen MR) is 70.9 cm³/mol. The van der Waals surface area contributed by atoms with Gasteiger partial charge in [-0.3, -0.25) is 4.79 Å². The van der Waals surface area contributed by atoms with Crippen molar-refractivity contribution < 1.29 is 9.53 Å². The molecule has 0 unspecified atom stereocenters. The van der Waals surface area contributed by atoms with E-state index < -0.39 is 5.41 Å². The van der Waals surface area contributed by atoms with Crippen LogP contribution in [0.3, 0.4) is 0 Å². The summed E-state index contributed by atoms with van der Waals surface area (Å²) in [4.78, 5) is 12.6. The van der Waals surface area contributed by atoms with Crippen LogP contribution in [0.5, 0.6) is 0 Å². The van der Waals surface area contributed by atoms with Crippen LogP contribution in [0.1, 0.15) is 41.0 Å². The molecule has 96 valence electrons. The first-order valence-electron chi connectivity index (χ1n) is 6.12. The molecule has 0 aromatic heterocycles. The maximum Gasteiger partial charge on any atom is 0.149 e. The van der Waals surface area contributed by atoms with Crippen molar-refractivity contribution in [2.24, 2.45) is 10.8 Å². The van der Waals surface area contributed by atoms with E-state index in [0.29, 0.717) is 13.0 Å². The molecule has 1 aliphatic rings. The lowest BCUT2D eigenvalue weighted by molar-refractivity contribution is -0.129. The highest BCUT2D eigenvalue weighted by atomic mass is 16.5. The second-order valence-corrected chi connectivity index (χ2v) is 6.20. The molecule has 2 nitrogen and oxygen atoms in total. The van der Waals surface area contributed by atoms with E-state index >= 15 is 0 Å². The highest BCUT2D eigenvalue weighted by molar-refractivity contribution is 5.92. The molecule has 17 heavy (non-hydrogen) atoms. The van der Waals surface area contributed by atoms with E-state index in [0.717, 1.165) is 11.1 Å². The Morgan fingerprint density at radius 2 is 1.71 bits per heavy atom.